The van der Waals surface area contributed by atoms with Crippen molar-refractivity contribution in [2.45, 2.75) is 19.3 Å². The lowest BCUT2D eigenvalue weighted by Crippen LogP contribution is -2.23. The van der Waals surface area contributed by atoms with Gasteiger partial charge >= 0.3 is 0 Å². The molecule has 0 amide bonds. The minimum Gasteiger partial charge on any atom is -0.288 e. The minimum atomic E-state index is -0.179. The van der Waals surface area contributed by atoms with Crippen LogP contribution in [0.15, 0.2) is 151 Å². The van der Waals surface area contributed by atoms with Gasteiger partial charge in [0.25, 0.3) is 0 Å². The maximum Gasteiger partial charge on any atom is 0.0708 e. The summed E-state index contributed by atoms with van der Waals surface area (Å²) in [5, 5.41) is 7.68. The minimum absolute atomic E-state index is 0.179. The van der Waals surface area contributed by atoms with E-state index in [1.807, 2.05) is 37.5 Å². The Labute approximate surface area is 270 Å². The Morgan fingerprint density at radius 1 is 0.652 bits per heavy atom. The maximum atomic E-state index is 4.97. The molecule has 6 aromatic carbocycles. The number of aromatic nitrogens is 1. The van der Waals surface area contributed by atoms with E-state index in [-0.39, 0.29) is 5.41 Å². The van der Waals surface area contributed by atoms with Gasteiger partial charge in [-0.15, -0.1) is 0 Å². The molecule has 7 aromatic rings. The molecule has 0 N–H and O–H groups in total. The molecule has 0 fully saturated rings. The largest absolute Gasteiger partial charge is 0.288 e. The topological polar surface area (TPSA) is 25.2 Å². The van der Waals surface area contributed by atoms with Gasteiger partial charge < -0.3 is 0 Å². The van der Waals surface area contributed by atoms with Crippen LogP contribution in [0, 0.1) is 0 Å². The van der Waals surface area contributed by atoms with Crippen molar-refractivity contribution in [3.8, 4) is 22.4 Å². The van der Waals surface area contributed by atoms with Gasteiger partial charge in [0.2, 0.25) is 0 Å². The summed E-state index contributed by atoms with van der Waals surface area (Å²) in [5.41, 5.74) is 11.1. The molecule has 0 atom stereocenters. The van der Waals surface area contributed by atoms with Crippen molar-refractivity contribution in [1.29, 1.82) is 0 Å². The first kappa shape index (κ1) is 27.9. The van der Waals surface area contributed by atoms with Crippen LogP contribution in [0.25, 0.3) is 60.3 Å². The zero-order chi connectivity index (χ0) is 31.4. The second-order valence-electron chi connectivity index (χ2n) is 12.7. The van der Waals surface area contributed by atoms with Gasteiger partial charge in [-0.1, -0.05) is 142 Å². The van der Waals surface area contributed by atoms with E-state index in [1.165, 1.54) is 49.0 Å². The first-order chi connectivity index (χ1) is 22.5. The van der Waals surface area contributed by atoms with Crippen molar-refractivity contribution in [2.75, 3.05) is 7.05 Å². The molecule has 1 aromatic heterocycles. The number of hydrogen-bond acceptors (Lipinski definition) is 2. The summed E-state index contributed by atoms with van der Waals surface area (Å²) in [6.45, 7) is 9.02. The summed E-state index contributed by atoms with van der Waals surface area (Å²) in [6.07, 6.45) is 6.17. The Hall–Kier alpha value is -5.60. The standard InChI is InChI=1S/C44H34N2/c1-28(29-11-7-5-8-12-29)15-25-39(45-4)33-21-23-37-42-35(33)19-16-31-17-20-36-34(22-24-38(44(37,2)3)43(36)41(31)42)40-26-18-32(27-46-40)30-13-9-6-10-14-30/h5-27H,1H2,2-4H3/b25-15-,45-39+. The van der Waals surface area contributed by atoms with E-state index in [9.17, 15) is 0 Å². The van der Waals surface area contributed by atoms with E-state index in [0.717, 1.165) is 39.2 Å². The van der Waals surface area contributed by atoms with Crippen LogP contribution in [0.2, 0.25) is 0 Å². The fourth-order valence-electron chi connectivity index (χ4n) is 7.31. The van der Waals surface area contributed by atoms with Crippen molar-refractivity contribution >= 4 is 43.6 Å². The van der Waals surface area contributed by atoms with Crippen molar-refractivity contribution in [3.63, 3.8) is 0 Å². The molecular weight excluding hydrogens is 556 g/mol. The van der Waals surface area contributed by atoms with Crippen LogP contribution in [0.5, 0.6) is 0 Å². The fraction of sp³-hybridized carbons (Fsp3) is 0.0909. The number of aliphatic imine (C=N–C) groups is 1. The second kappa shape index (κ2) is 10.8. The second-order valence-corrected chi connectivity index (χ2v) is 12.7. The number of benzene rings is 6. The summed E-state index contributed by atoms with van der Waals surface area (Å²) in [6, 6.07) is 43.3. The molecule has 0 saturated heterocycles. The number of hydrogen-bond donors (Lipinski definition) is 0. The smallest absolute Gasteiger partial charge is 0.0708 e. The van der Waals surface area contributed by atoms with Crippen LogP contribution < -0.4 is 0 Å². The average Bonchev–Trinajstić information content (AvgIpc) is 3.11. The SMILES string of the molecule is C=C(/C=C\C(=N/C)c1ccc2c3c1ccc1ccc4c(-c5ccc(-c6ccccc6)cn5)ccc(c4c13)C2(C)C)c1ccccc1. The number of nitrogens with zero attached hydrogens (tertiary/aromatic N) is 2. The molecule has 2 heteroatoms. The van der Waals surface area contributed by atoms with Crippen LogP contribution in [0.4, 0.5) is 0 Å². The molecule has 0 radical (unpaired) electrons. The predicted molar refractivity (Wildman–Crippen MR) is 197 cm³/mol. The normalized spacial score (nSPS) is 13.8. The van der Waals surface area contributed by atoms with Crippen molar-refractivity contribution < 1.29 is 0 Å². The zero-order valence-electron chi connectivity index (χ0n) is 26.4. The molecule has 220 valence electrons. The lowest BCUT2D eigenvalue weighted by atomic mass is 9.68. The summed E-state index contributed by atoms with van der Waals surface area (Å²) < 4.78 is 0. The molecule has 0 saturated carbocycles. The summed E-state index contributed by atoms with van der Waals surface area (Å²) in [5.74, 6) is 0. The van der Waals surface area contributed by atoms with Gasteiger partial charge in [0.05, 0.1) is 11.4 Å². The maximum absolute atomic E-state index is 4.97. The van der Waals surface area contributed by atoms with Gasteiger partial charge in [-0.25, -0.2) is 0 Å². The van der Waals surface area contributed by atoms with Crippen molar-refractivity contribution in [3.05, 3.63) is 169 Å². The highest BCUT2D eigenvalue weighted by Crippen LogP contribution is 2.50. The third-order valence-corrected chi connectivity index (χ3v) is 9.74. The predicted octanol–water partition coefficient (Wildman–Crippen LogP) is 11.2. The van der Waals surface area contributed by atoms with E-state index < -0.39 is 0 Å². The van der Waals surface area contributed by atoms with Gasteiger partial charge in [-0.3, -0.25) is 9.98 Å². The van der Waals surface area contributed by atoms with Gasteiger partial charge in [0.15, 0.2) is 0 Å². The van der Waals surface area contributed by atoms with Crippen LogP contribution in [-0.2, 0) is 5.41 Å². The Kier molecular flexibility index (Phi) is 6.54. The van der Waals surface area contributed by atoms with Gasteiger partial charge in [0.1, 0.15) is 0 Å². The number of allylic oxidation sites excluding steroid dienone is 3. The first-order valence-electron chi connectivity index (χ1n) is 15.8. The van der Waals surface area contributed by atoms with Crippen LogP contribution in [0.1, 0.15) is 36.1 Å². The quantitative estimate of drug-likeness (QED) is 0.107. The average molecular weight is 591 g/mol. The molecule has 1 aliphatic carbocycles. The van der Waals surface area contributed by atoms with Gasteiger partial charge in [-0.05, 0) is 72.3 Å². The third kappa shape index (κ3) is 4.33. The Balaban J connectivity index is 1.32. The molecule has 0 unspecified atom stereocenters. The Morgan fingerprint density at radius 3 is 2.02 bits per heavy atom. The molecule has 1 aliphatic rings. The van der Waals surface area contributed by atoms with E-state index in [2.05, 4.69) is 130 Å². The van der Waals surface area contributed by atoms with E-state index in [4.69, 9.17) is 9.98 Å². The molecule has 2 nitrogen and oxygen atoms in total. The molecule has 0 aliphatic heterocycles. The molecule has 0 bridgehead atoms. The van der Waals surface area contributed by atoms with Crippen LogP contribution in [-0.4, -0.2) is 17.7 Å². The molecular formula is C44H34N2. The summed E-state index contributed by atoms with van der Waals surface area (Å²) >= 11 is 0. The van der Waals surface area contributed by atoms with E-state index in [0.29, 0.717) is 0 Å². The van der Waals surface area contributed by atoms with Gasteiger partial charge in [-0.2, -0.15) is 0 Å². The van der Waals surface area contributed by atoms with Crippen molar-refractivity contribution in [1.82, 2.24) is 4.98 Å². The van der Waals surface area contributed by atoms with Crippen molar-refractivity contribution in [2.24, 2.45) is 4.99 Å². The third-order valence-electron chi connectivity index (χ3n) is 9.74. The highest BCUT2D eigenvalue weighted by Gasteiger charge is 2.33. The van der Waals surface area contributed by atoms with E-state index >= 15 is 0 Å². The Morgan fingerprint density at radius 2 is 1.33 bits per heavy atom. The lowest BCUT2D eigenvalue weighted by Gasteiger charge is -2.35. The fourth-order valence-corrected chi connectivity index (χ4v) is 7.31. The molecule has 8 rings (SSSR count). The molecule has 0 spiro atoms. The lowest BCUT2D eigenvalue weighted by molar-refractivity contribution is 0.652. The summed E-state index contributed by atoms with van der Waals surface area (Å²) in [7, 11) is 1.87. The van der Waals surface area contributed by atoms with Crippen LogP contribution >= 0.6 is 0 Å². The highest BCUT2D eigenvalue weighted by atomic mass is 14.7. The van der Waals surface area contributed by atoms with Crippen LogP contribution in [0.3, 0.4) is 0 Å². The van der Waals surface area contributed by atoms with Gasteiger partial charge in [0, 0.05) is 35.3 Å². The number of pyridine rings is 1. The van der Waals surface area contributed by atoms with E-state index in [1.54, 1.807) is 0 Å². The molecule has 46 heavy (non-hydrogen) atoms. The Bertz CT molecular complexity index is 2380. The zero-order valence-corrected chi connectivity index (χ0v) is 26.4. The molecule has 1 heterocycles. The number of rotatable bonds is 6. The monoisotopic (exact) mass is 590 g/mol. The first-order valence-corrected chi connectivity index (χ1v) is 15.8. The summed E-state index contributed by atoms with van der Waals surface area (Å²) in [4.78, 5) is 9.73. The highest BCUT2D eigenvalue weighted by molar-refractivity contribution is 6.29.